The summed E-state index contributed by atoms with van der Waals surface area (Å²) in [7, 11) is 1.55. The van der Waals surface area contributed by atoms with Crippen LogP contribution in [0.1, 0.15) is 36.5 Å². The summed E-state index contributed by atoms with van der Waals surface area (Å²) in [6, 6.07) is 10.1. The Morgan fingerprint density at radius 3 is 2.74 bits per heavy atom. The zero-order valence-corrected chi connectivity index (χ0v) is 17.4. The molecule has 2 N–H and O–H groups in total. The van der Waals surface area contributed by atoms with Gasteiger partial charge in [-0.3, -0.25) is 9.59 Å². The lowest BCUT2D eigenvalue weighted by molar-refractivity contribution is 0.102. The maximum Gasteiger partial charge on any atom is 0.261 e. The van der Waals surface area contributed by atoms with Crippen LogP contribution >= 0.6 is 0 Å². The van der Waals surface area contributed by atoms with E-state index in [0.29, 0.717) is 46.2 Å². The van der Waals surface area contributed by atoms with E-state index in [-0.39, 0.29) is 12.4 Å². The van der Waals surface area contributed by atoms with Gasteiger partial charge in [0.2, 0.25) is 6.79 Å². The molecule has 8 heteroatoms. The minimum atomic E-state index is -0.525. The van der Waals surface area contributed by atoms with Crippen molar-refractivity contribution >= 4 is 22.5 Å². The number of carbonyl (C=O) groups is 1. The molecule has 3 aromatic rings. The largest absolute Gasteiger partial charge is 0.493 e. The summed E-state index contributed by atoms with van der Waals surface area (Å²) in [4.78, 5) is 28.1. The van der Waals surface area contributed by atoms with E-state index in [1.807, 2.05) is 0 Å². The molecule has 1 aliphatic heterocycles. The van der Waals surface area contributed by atoms with Crippen molar-refractivity contribution in [2.24, 2.45) is 0 Å². The Kier molecular flexibility index (Phi) is 5.97. The Morgan fingerprint density at radius 2 is 1.94 bits per heavy atom. The Labute approximate surface area is 179 Å². The van der Waals surface area contributed by atoms with E-state index < -0.39 is 11.5 Å². The number of unbranched alkanes of at least 4 members (excludes halogenated alkanes) is 2. The van der Waals surface area contributed by atoms with Crippen LogP contribution in [0.4, 0.5) is 5.69 Å². The molecular weight excluding hydrogens is 400 g/mol. The van der Waals surface area contributed by atoms with Crippen molar-refractivity contribution in [3.05, 3.63) is 52.3 Å². The Balaban J connectivity index is 1.60. The molecule has 8 nitrogen and oxygen atoms in total. The van der Waals surface area contributed by atoms with Gasteiger partial charge in [0.05, 0.1) is 19.2 Å². The van der Waals surface area contributed by atoms with Gasteiger partial charge in [0, 0.05) is 23.2 Å². The molecule has 2 heterocycles. The SMILES string of the molecule is CCCCCOc1cc2cc(C(=O)Nc3ccc4c(c3)OCO4)c(=O)[nH]c2cc1OC. The molecule has 162 valence electrons. The van der Waals surface area contributed by atoms with E-state index in [2.05, 4.69) is 17.2 Å². The van der Waals surface area contributed by atoms with Gasteiger partial charge in [-0.2, -0.15) is 0 Å². The van der Waals surface area contributed by atoms with Crippen LogP contribution in [-0.4, -0.2) is 31.4 Å². The number of anilines is 1. The standard InChI is InChI=1S/C23H24N2O6/c1-3-4-5-8-29-20-10-14-9-16(23(27)25-17(14)12-19(20)28-2)22(26)24-15-6-7-18-21(11-15)31-13-30-18/h6-7,9-12H,3-5,8,13H2,1-2H3,(H,24,26)(H,25,27). The molecule has 0 atom stereocenters. The van der Waals surface area contributed by atoms with Crippen molar-refractivity contribution in [3.63, 3.8) is 0 Å². The van der Waals surface area contributed by atoms with Gasteiger partial charge in [0.15, 0.2) is 23.0 Å². The highest BCUT2D eigenvalue weighted by Crippen LogP contribution is 2.34. The summed E-state index contributed by atoms with van der Waals surface area (Å²) in [6.07, 6.45) is 3.11. The number of hydrogen-bond donors (Lipinski definition) is 2. The van der Waals surface area contributed by atoms with Crippen molar-refractivity contribution < 1.29 is 23.7 Å². The average Bonchev–Trinajstić information content (AvgIpc) is 3.23. The van der Waals surface area contributed by atoms with Crippen molar-refractivity contribution in [2.75, 3.05) is 25.8 Å². The number of carbonyl (C=O) groups excluding carboxylic acids is 1. The molecule has 0 saturated carbocycles. The van der Waals surface area contributed by atoms with Gasteiger partial charge in [-0.1, -0.05) is 19.8 Å². The summed E-state index contributed by atoms with van der Waals surface area (Å²) < 4.78 is 21.9. The molecule has 0 unspecified atom stereocenters. The number of H-pyrrole nitrogens is 1. The molecule has 1 amide bonds. The first kappa shape index (κ1) is 20.6. The van der Waals surface area contributed by atoms with Crippen LogP contribution in [-0.2, 0) is 0 Å². The minimum absolute atomic E-state index is 0.00716. The molecule has 31 heavy (non-hydrogen) atoms. The van der Waals surface area contributed by atoms with Crippen molar-refractivity contribution in [2.45, 2.75) is 26.2 Å². The molecule has 0 fully saturated rings. The fourth-order valence-electron chi connectivity index (χ4n) is 3.36. The Hall–Kier alpha value is -3.68. The molecule has 1 aliphatic rings. The summed E-state index contributed by atoms with van der Waals surface area (Å²) in [6.45, 7) is 2.84. The van der Waals surface area contributed by atoms with E-state index in [1.54, 1.807) is 43.5 Å². The summed E-state index contributed by atoms with van der Waals surface area (Å²) >= 11 is 0. The van der Waals surface area contributed by atoms with Crippen molar-refractivity contribution in [3.8, 4) is 23.0 Å². The van der Waals surface area contributed by atoms with E-state index >= 15 is 0 Å². The molecule has 0 spiro atoms. The second-order valence-electron chi connectivity index (χ2n) is 7.18. The van der Waals surface area contributed by atoms with Crippen LogP contribution in [0.3, 0.4) is 0 Å². The fraction of sp³-hybridized carbons (Fsp3) is 0.304. The lowest BCUT2D eigenvalue weighted by atomic mass is 10.1. The van der Waals surface area contributed by atoms with E-state index in [0.717, 1.165) is 19.3 Å². The number of rotatable bonds is 8. The van der Waals surface area contributed by atoms with E-state index in [1.165, 1.54) is 0 Å². The van der Waals surface area contributed by atoms with Gasteiger partial charge in [0.25, 0.3) is 11.5 Å². The van der Waals surface area contributed by atoms with Crippen LogP contribution in [0.15, 0.2) is 41.2 Å². The van der Waals surface area contributed by atoms with Crippen LogP contribution in [0.25, 0.3) is 10.9 Å². The summed E-state index contributed by atoms with van der Waals surface area (Å²) in [5, 5.41) is 3.40. The third-order valence-electron chi connectivity index (χ3n) is 5.01. The van der Waals surface area contributed by atoms with Gasteiger partial charge in [-0.15, -0.1) is 0 Å². The van der Waals surface area contributed by atoms with Gasteiger partial charge in [-0.05, 0) is 30.7 Å². The number of benzene rings is 2. The number of hydrogen-bond acceptors (Lipinski definition) is 6. The maximum absolute atomic E-state index is 12.8. The highest BCUT2D eigenvalue weighted by Gasteiger charge is 2.17. The Morgan fingerprint density at radius 1 is 1.10 bits per heavy atom. The second-order valence-corrected chi connectivity index (χ2v) is 7.18. The van der Waals surface area contributed by atoms with Crippen LogP contribution < -0.4 is 29.8 Å². The van der Waals surface area contributed by atoms with Gasteiger partial charge < -0.3 is 29.2 Å². The second kappa shape index (κ2) is 8.99. The summed E-state index contributed by atoms with van der Waals surface area (Å²) in [5.74, 6) is 1.73. The van der Waals surface area contributed by atoms with Crippen LogP contribution in [0.2, 0.25) is 0 Å². The molecule has 0 saturated heterocycles. The average molecular weight is 424 g/mol. The number of methoxy groups -OCH3 is 1. The smallest absolute Gasteiger partial charge is 0.261 e. The molecule has 4 rings (SSSR count). The molecule has 0 aliphatic carbocycles. The first-order chi connectivity index (χ1) is 15.1. The molecule has 1 aromatic heterocycles. The highest BCUT2D eigenvalue weighted by atomic mass is 16.7. The van der Waals surface area contributed by atoms with E-state index in [9.17, 15) is 9.59 Å². The summed E-state index contributed by atoms with van der Waals surface area (Å²) in [5.41, 5.74) is 0.558. The third kappa shape index (κ3) is 4.42. The van der Waals surface area contributed by atoms with Crippen molar-refractivity contribution in [1.29, 1.82) is 0 Å². The zero-order valence-electron chi connectivity index (χ0n) is 17.4. The number of aromatic amines is 1. The monoisotopic (exact) mass is 424 g/mol. The zero-order chi connectivity index (χ0) is 21.8. The number of ether oxygens (including phenoxy) is 4. The highest BCUT2D eigenvalue weighted by molar-refractivity contribution is 6.06. The van der Waals surface area contributed by atoms with Crippen LogP contribution in [0, 0.1) is 0 Å². The number of aromatic nitrogens is 1. The van der Waals surface area contributed by atoms with Gasteiger partial charge in [0.1, 0.15) is 5.56 Å². The third-order valence-corrected chi connectivity index (χ3v) is 5.01. The Bertz CT molecular complexity index is 1170. The number of amides is 1. The van der Waals surface area contributed by atoms with E-state index in [4.69, 9.17) is 18.9 Å². The lowest BCUT2D eigenvalue weighted by Crippen LogP contribution is -2.23. The fourth-order valence-corrected chi connectivity index (χ4v) is 3.36. The predicted octanol–water partition coefficient (Wildman–Crippen LogP) is 4.09. The lowest BCUT2D eigenvalue weighted by Gasteiger charge is -2.12. The first-order valence-electron chi connectivity index (χ1n) is 10.2. The molecule has 0 radical (unpaired) electrons. The molecule has 0 bridgehead atoms. The van der Waals surface area contributed by atoms with Crippen LogP contribution in [0.5, 0.6) is 23.0 Å². The van der Waals surface area contributed by atoms with Gasteiger partial charge >= 0.3 is 0 Å². The maximum atomic E-state index is 12.8. The predicted molar refractivity (Wildman–Crippen MR) is 117 cm³/mol. The van der Waals surface area contributed by atoms with Crippen molar-refractivity contribution in [1.82, 2.24) is 4.98 Å². The quantitative estimate of drug-likeness (QED) is 0.529. The number of nitrogens with one attached hydrogen (secondary N) is 2. The number of fused-ring (bicyclic) bond motifs is 2. The normalized spacial score (nSPS) is 12.1. The number of pyridine rings is 1. The topological polar surface area (TPSA) is 98.9 Å². The molecular formula is C23H24N2O6. The molecule has 2 aromatic carbocycles. The first-order valence-corrected chi connectivity index (χ1v) is 10.2. The van der Waals surface area contributed by atoms with Gasteiger partial charge in [-0.25, -0.2) is 0 Å². The minimum Gasteiger partial charge on any atom is -0.493 e.